The fraction of sp³-hybridized carbons (Fsp3) is 0.421. The van der Waals surface area contributed by atoms with Gasteiger partial charge in [0.2, 0.25) is 5.91 Å². The Morgan fingerprint density at radius 3 is 2.85 bits per heavy atom. The average Bonchev–Trinajstić information content (AvgIpc) is 2.67. The third kappa shape index (κ3) is 4.21. The van der Waals surface area contributed by atoms with Crippen LogP contribution >= 0.6 is 0 Å². The zero-order valence-corrected chi connectivity index (χ0v) is 15.1. The highest BCUT2D eigenvalue weighted by Gasteiger charge is 2.31. The van der Waals surface area contributed by atoms with Gasteiger partial charge in [-0.3, -0.25) is 14.6 Å². The number of carboxylic acids is 1. The van der Waals surface area contributed by atoms with E-state index in [0.717, 1.165) is 12.8 Å². The van der Waals surface area contributed by atoms with E-state index < -0.39 is 12.0 Å². The van der Waals surface area contributed by atoms with Gasteiger partial charge in [0.15, 0.2) is 0 Å². The Balaban J connectivity index is 1.73. The zero-order chi connectivity index (χ0) is 19.4. The Kier molecular flexibility index (Phi) is 5.63. The maximum absolute atomic E-state index is 12.5. The topological polar surface area (TPSA) is 116 Å². The molecule has 1 amide bonds. The van der Waals surface area contributed by atoms with Crippen LogP contribution in [-0.2, 0) is 16.0 Å². The van der Waals surface area contributed by atoms with Crippen molar-refractivity contribution < 1.29 is 14.7 Å². The number of aryl methyl sites for hydroxylation is 1. The van der Waals surface area contributed by atoms with Gasteiger partial charge in [0.05, 0.1) is 0 Å². The van der Waals surface area contributed by atoms with Crippen LogP contribution in [0.15, 0.2) is 29.3 Å². The van der Waals surface area contributed by atoms with Crippen LogP contribution in [0, 0.1) is 6.92 Å². The normalized spacial score (nSPS) is 16.9. The summed E-state index contributed by atoms with van der Waals surface area (Å²) in [6.07, 6.45) is 5.64. The SMILES string of the molecule is Cc1nc(-c2cccnc2)[nH]c(=O)c1CCC(=O)N1CCCCC1C(=O)O. The lowest BCUT2D eigenvalue weighted by atomic mass is 10.0. The van der Waals surface area contributed by atoms with Crippen LogP contribution in [0.1, 0.15) is 36.9 Å². The number of likely N-dealkylation sites (tertiary alicyclic amines) is 1. The molecule has 0 aromatic carbocycles. The predicted octanol–water partition coefficient (Wildman–Crippen LogP) is 1.54. The standard InChI is InChI=1S/C19H22N4O4/c1-12-14(18(25)22-17(21-12)13-5-4-9-20-11-13)7-8-16(24)23-10-3-2-6-15(23)19(26)27/h4-5,9,11,15H,2-3,6-8,10H2,1H3,(H,26,27)(H,21,22,25). The van der Waals surface area contributed by atoms with Crippen LogP contribution in [0.25, 0.3) is 11.4 Å². The first-order valence-electron chi connectivity index (χ1n) is 9.00. The van der Waals surface area contributed by atoms with Crippen molar-refractivity contribution in [1.29, 1.82) is 0 Å². The first-order valence-corrected chi connectivity index (χ1v) is 9.00. The predicted molar refractivity (Wildman–Crippen MR) is 98.1 cm³/mol. The molecule has 1 saturated heterocycles. The lowest BCUT2D eigenvalue weighted by molar-refractivity contribution is -0.152. The Labute approximate surface area is 156 Å². The Hall–Kier alpha value is -3.03. The maximum atomic E-state index is 12.5. The number of piperidine rings is 1. The van der Waals surface area contributed by atoms with Gasteiger partial charge < -0.3 is 15.0 Å². The first-order chi connectivity index (χ1) is 13.0. The van der Waals surface area contributed by atoms with Crippen LogP contribution in [0.4, 0.5) is 0 Å². The van der Waals surface area contributed by atoms with Crippen molar-refractivity contribution in [2.45, 2.75) is 45.1 Å². The van der Waals surface area contributed by atoms with E-state index in [1.807, 2.05) is 0 Å². The summed E-state index contributed by atoms with van der Waals surface area (Å²) in [6.45, 7) is 2.18. The summed E-state index contributed by atoms with van der Waals surface area (Å²) in [7, 11) is 0. The number of nitrogens with one attached hydrogen (secondary N) is 1. The molecular formula is C19H22N4O4. The minimum Gasteiger partial charge on any atom is -0.480 e. The van der Waals surface area contributed by atoms with Crippen molar-refractivity contribution in [3.8, 4) is 11.4 Å². The maximum Gasteiger partial charge on any atom is 0.326 e. The molecule has 0 aliphatic carbocycles. The summed E-state index contributed by atoms with van der Waals surface area (Å²) in [5.41, 5.74) is 1.42. The summed E-state index contributed by atoms with van der Waals surface area (Å²) in [4.78, 5) is 48.9. The zero-order valence-electron chi connectivity index (χ0n) is 15.1. The van der Waals surface area contributed by atoms with E-state index in [4.69, 9.17) is 0 Å². The fourth-order valence-corrected chi connectivity index (χ4v) is 3.41. The van der Waals surface area contributed by atoms with Gasteiger partial charge in [-0.15, -0.1) is 0 Å². The van der Waals surface area contributed by atoms with Crippen LogP contribution in [-0.4, -0.2) is 49.4 Å². The molecule has 2 aromatic rings. The lowest BCUT2D eigenvalue weighted by Crippen LogP contribution is -2.48. The molecule has 0 radical (unpaired) electrons. The van der Waals surface area contributed by atoms with Crippen LogP contribution in [0.3, 0.4) is 0 Å². The largest absolute Gasteiger partial charge is 0.480 e. The van der Waals surface area contributed by atoms with E-state index in [1.54, 1.807) is 31.5 Å². The van der Waals surface area contributed by atoms with Crippen LogP contribution < -0.4 is 5.56 Å². The molecule has 27 heavy (non-hydrogen) atoms. The Bertz CT molecular complexity index is 894. The quantitative estimate of drug-likeness (QED) is 0.825. The molecule has 1 aliphatic rings. The highest BCUT2D eigenvalue weighted by molar-refractivity contribution is 5.84. The Morgan fingerprint density at radius 2 is 2.19 bits per heavy atom. The second kappa shape index (κ2) is 8.11. The molecular weight excluding hydrogens is 348 g/mol. The molecule has 3 heterocycles. The van der Waals surface area contributed by atoms with Crippen molar-refractivity contribution in [3.63, 3.8) is 0 Å². The summed E-state index contributed by atoms with van der Waals surface area (Å²) >= 11 is 0. The number of aromatic nitrogens is 3. The van der Waals surface area contributed by atoms with Gasteiger partial charge >= 0.3 is 5.97 Å². The number of carboxylic acid groups (broad SMARTS) is 1. The molecule has 2 aromatic heterocycles. The van der Waals surface area contributed by atoms with Crippen LogP contribution in [0.5, 0.6) is 0 Å². The second-order valence-electron chi connectivity index (χ2n) is 6.66. The third-order valence-corrected chi connectivity index (χ3v) is 4.85. The van der Waals surface area contributed by atoms with E-state index in [-0.39, 0.29) is 24.3 Å². The number of carbonyl (C=O) groups is 2. The molecule has 0 spiro atoms. The van der Waals surface area contributed by atoms with Gasteiger partial charge in [0, 0.05) is 42.2 Å². The van der Waals surface area contributed by atoms with Gasteiger partial charge in [0.1, 0.15) is 11.9 Å². The molecule has 2 N–H and O–H groups in total. The molecule has 8 nitrogen and oxygen atoms in total. The second-order valence-corrected chi connectivity index (χ2v) is 6.66. The molecule has 1 atom stereocenters. The van der Waals surface area contributed by atoms with Crippen molar-refractivity contribution in [3.05, 3.63) is 46.1 Å². The summed E-state index contributed by atoms with van der Waals surface area (Å²) in [6, 6.07) is 2.79. The molecule has 1 aliphatic heterocycles. The summed E-state index contributed by atoms with van der Waals surface area (Å²) in [5.74, 6) is -0.778. The molecule has 142 valence electrons. The van der Waals surface area contributed by atoms with Crippen LogP contribution in [0.2, 0.25) is 0 Å². The monoisotopic (exact) mass is 370 g/mol. The number of nitrogens with zero attached hydrogens (tertiary/aromatic N) is 3. The van der Waals surface area contributed by atoms with Crippen molar-refractivity contribution in [2.75, 3.05) is 6.54 Å². The fourth-order valence-electron chi connectivity index (χ4n) is 3.41. The minimum atomic E-state index is -0.973. The van der Waals surface area contributed by atoms with Crippen molar-refractivity contribution in [1.82, 2.24) is 19.9 Å². The molecule has 0 bridgehead atoms. The number of hydrogen-bond donors (Lipinski definition) is 2. The molecule has 1 unspecified atom stereocenters. The number of carbonyl (C=O) groups excluding carboxylic acids is 1. The molecule has 8 heteroatoms. The van der Waals surface area contributed by atoms with Gasteiger partial charge in [-0.2, -0.15) is 0 Å². The van der Waals surface area contributed by atoms with Crippen molar-refractivity contribution in [2.24, 2.45) is 0 Å². The number of aliphatic carboxylic acids is 1. The molecule has 3 rings (SSSR count). The van der Waals surface area contributed by atoms with E-state index >= 15 is 0 Å². The summed E-state index contributed by atoms with van der Waals surface area (Å²) in [5, 5.41) is 9.31. The molecule has 0 saturated carbocycles. The number of aromatic amines is 1. The third-order valence-electron chi connectivity index (χ3n) is 4.85. The van der Waals surface area contributed by atoms with Gasteiger partial charge in [-0.05, 0) is 44.7 Å². The number of amides is 1. The molecule has 1 fully saturated rings. The van der Waals surface area contributed by atoms with Crippen molar-refractivity contribution >= 4 is 11.9 Å². The van der Waals surface area contributed by atoms with E-state index in [0.29, 0.717) is 35.6 Å². The van der Waals surface area contributed by atoms with E-state index in [9.17, 15) is 19.5 Å². The number of hydrogen-bond acceptors (Lipinski definition) is 5. The van der Waals surface area contributed by atoms with Gasteiger partial charge in [0.25, 0.3) is 5.56 Å². The summed E-state index contributed by atoms with van der Waals surface area (Å²) < 4.78 is 0. The average molecular weight is 370 g/mol. The smallest absolute Gasteiger partial charge is 0.326 e. The number of rotatable bonds is 5. The van der Waals surface area contributed by atoms with E-state index in [1.165, 1.54) is 4.90 Å². The number of H-pyrrole nitrogens is 1. The first kappa shape index (κ1) is 18.8. The van der Waals surface area contributed by atoms with Gasteiger partial charge in [-0.1, -0.05) is 0 Å². The highest BCUT2D eigenvalue weighted by Crippen LogP contribution is 2.19. The highest BCUT2D eigenvalue weighted by atomic mass is 16.4. The van der Waals surface area contributed by atoms with Gasteiger partial charge in [-0.25, -0.2) is 9.78 Å². The number of pyridine rings is 1. The minimum absolute atomic E-state index is 0.0849. The Morgan fingerprint density at radius 1 is 1.37 bits per heavy atom. The lowest BCUT2D eigenvalue weighted by Gasteiger charge is -2.33. The van der Waals surface area contributed by atoms with E-state index in [2.05, 4.69) is 15.0 Å².